The summed E-state index contributed by atoms with van der Waals surface area (Å²) in [5.74, 6) is 0.291. The zero-order chi connectivity index (χ0) is 34.6. The minimum Gasteiger partial charge on any atom is -0.489 e. The molecule has 254 valence electrons. The Morgan fingerprint density at radius 2 is 1.60 bits per heavy atom. The molecule has 0 saturated heterocycles. The lowest BCUT2D eigenvalue weighted by Crippen LogP contribution is -2.51. The first-order valence-electron chi connectivity index (χ1n) is 16.4. The van der Waals surface area contributed by atoms with E-state index in [1.54, 1.807) is 4.90 Å². The molecule has 3 N–H and O–H groups in total. The van der Waals surface area contributed by atoms with Gasteiger partial charge in [-0.1, -0.05) is 66.7 Å². The predicted octanol–water partition coefficient (Wildman–Crippen LogP) is 5.58. The van der Waals surface area contributed by atoms with E-state index in [0.717, 1.165) is 34.5 Å². The standard InChI is InChI=1S/C33H42N4O3.C5H10O2/c1-23(2)36(24(3)4)20-18-35-32(38)31-29-16-15-28(40-22-25-11-7-5-8-12-25)21-27(29)17-19-37(31)33(39)30(34)26-13-9-6-10-14-26;1-5(2,3)7-4-6/h5-16,21,23-24,30-31H,17-20,22,34H2,1-4H3,(H,35,38);4H,1-3H3. The molecule has 9 nitrogen and oxygen atoms in total. The number of carbonyl (C=O) groups excluding carboxylic acids is 3. The third-order valence-electron chi connectivity index (χ3n) is 7.94. The van der Waals surface area contributed by atoms with Crippen molar-refractivity contribution in [2.75, 3.05) is 19.6 Å². The zero-order valence-electron chi connectivity index (χ0n) is 28.9. The number of fused-ring (bicyclic) bond motifs is 1. The average molecular weight is 645 g/mol. The van der Waals surface area contributed by atoms with Crippen LogP contribution in [0.25, 0.3) is 0 Å². The zero-order valence-corrected chi connectivity index (χ0v) is 28.9. The van der Waals surface area contributed by atoms with E-state index >= 15 is 0 Å². The highest BCUT2D eigenvalue weighted by Gasteiger charge is 2.38. The summed E-state index contributed by atoms with van der Waals surface area (Å²) in [6.45, 7) is 16.6. The highest BCUT2D eigenvalue weighted by atomic mass is 16.5. The molecule has 0 bridgehead atoms. The Kier molecular flexibility index (Phi) is 14.0. The van der Waals surface area contributed by atoms with Crippen molar-refractivity contribution in [3.05, 3.63) is 101 Å². The van der Waals surface area contributed by atoms with E-state index in [1.165, 1.54) is 0 Å². The first-order chi connectivity index (χ1) is 22.3. The fraction of sp³-hybridized carbons (Fsp3) is 0.447. The topological polar surface area (TPSA) is 114 Å². The summed E-state index contributed by atoms with van der Waals surface area (Å²) in [5, 5.41) is 3.11. The molecule has 1 heterocycles. The van der Waals surface area contributed by atoms with Crippen molar-refractivity contribution in [3.63, 3.8) is 0 Å². The molecule has 0 aliphatic carbocycles. The molecule has 2 unspecified atom stereocenters. The maximum atomic E-state index is 13.8. The van der Waals surface area contributed by atoms with Gasteiger partial charge in [0.05, 0.1) is 0 Å². The van der Waals surface area contributed by atoms with Gasteiger partial charge in [0.25, 0.3) is 6.47 Å². The smallest absolute Gasteiger partial charge is 0.293 e. The third-order valence-corrected chi connectivity index (χ3v) is 7.94. The second kappa shape index (κ2) is 17.6. The van der Waals surface area contributed by atoms with Crippen molar-refractivity contribution in [3.8, 4) is 5.75 Å². The van der Waals surface area contributed by atoms with Crippen molar-refractivity contribution in [2.45, 2.75) is 91.3 Å². The SMILES string of the molecule is CC(C)(C)OC=O.CC(C)N(CCNC(=O)C1c2ccc(OCc3ccccc3)cc2CCN1C(=O)C(N)c1ccccc1)C(C)C. The molecule has 3 aromatic rings. The molecule has 9 heteroatoms. The number of amides is 2. The number of rotatable bonds is 12. The van der Waals surface area contributed by atoms with Crippen LogP contribution in [0.4, 0.5) is 0 Å². The van der Waals surface area contributed by atoms with Gasteiger partial charge >= 0.3 is 0 Å². The molecule has 2 amide bonds. The van der Waals surface area contributed by atoms with Gasteiger partial charge in [0.15, 0.2) is 0 Å². The molecule has 1 aliphatic rings. The lowest BCUT2D eigenvalue weighted by atomic mass is 9.90. The van der Waals surface area contributed by atoms with Crippen LogP contribution in [0, 0.1) is 0 Å². The Hall–Kier alpha value is -4.21. The number of nitrogens with one attached hydrogen (secondary N) is 1. The number of benzene rings is 3. The van der Waals surface area contributed by atoms with Crippen molar-refractivity contribution < 1.29 is 23.9 Å². The van der Waals surface area contributed by atoms with Gasteiger partial charge in [-0.2, -0.15) is 0 Å². The van der Waals surface area contributed by atoms with Gasteiger partial charge in [0.1, 0.15) is 30.0 Å². The average Bonchev–Trinajstić information content (AvgIpc) is 3.04. The largest absolute Gasteiger partial charge is 0.489 e. The molecule has 0 saturated carbocycles. The predicted molar refractivity (Wildman–Crippen MR) is 186 cm³/mol. The lowest BCUT2D eigenvalue weighted by molar-refractivity contribution is -0.142. The van der Waals surface area contributed by atoms with Gasteiger partial charge in [0, 0.05) is 31.7 Å². The van der Waals surface area contributed by atoms with Crippen LogP contribution in [0.1, 0.15) is 82.8 Å². The van der Waals surface area contributed by atoms with Crippen molar-refractivity contribution in [1.82, 2.24) is 15.1 Å². The third kappa shape index (κ3) is 11.2. The molecule has 1 aliphatic heterocycles. The van der Waals surface area contributed by atoms with Crippen molar-refractivity contribution in [1.29, 1.82) is 0 Å². The Morgan fingerprint density at radius 1 is 0.979 bits per heavy atom. The summed E-state index contributed by atoms with van der Waals surface area (Å²) in [6.07, 6.45) is 0.614. The first-order valence-corrected chi connectivity index (χ1v) is 16.4. The van der Waals surface area contributed by atoms with Gasteiger partial charge in [-0.25, -0.2) is 0 Å². The van der Waals surface area contributed by atoms with Gasteiger partial charge < -0.3 is 25.4 Å². The molecule has 2 atom stereocenters. The van der Waals surface area contributed by atoms with E-state index in [2.05, 4.69) is 42.6 Å². The Morgan fingerprint density at radius 3 is 2.15 bits per heavy atom. The number of carbonyl (C=O) groups is 3. The molecule has 0 spiro atoms. The quantitative estimate of drug-likeness (QED) is 0.247. The van der Waals surface area contributed by atoms with Crippen LogP contribution in [0.15, 0.2) is 78.9 Å². The lowest BCUT2D eigenvalue weighted by Gasteiger charge is -2.38. The second-order valence-corrected chi connectivity index (χ2v) is 13.3. The van der Waals surface area contributed by atoms with E-state index in [1.807, 2.05) is 99.6 Å². The Bertz CT molecular complexity index is 1410. The second-order valence-electron chi connectivity index (χ2n) is 13.3. The van der Waals surface area contributed by atoms with Gasteiger partial charge in [0.2, 0.25) is 11.8 Å². The number of nitrogens with two attached hydrogens (primary N) is 1. The Labute approximate surface area is 280 Å². The Balaban J connectivity index is 0.000000771. The normalized spacial score (nSPS) is 15.0. The summed E-state index contributed by atoms with van der Waals surface area (Å²) >= 11 is 0. The molecule has 0 fully saturated rings. The molecular weight excluding hydrogens is 592 g/mol. The number of nitrogens with zero attached hydrogens (tertiary/aromatic N) is 2. The fourth-order valence-corrected chi connectivity index (χ4v) is 5.60. The van der Waals surface area contributed by atoms with Crippen LogP contribution in [0.3, 0.4) is 0 Å². The first kappa shape index (κ1) is 37.2. The highest BCUT2D eigenvalue weighted by molar-refractivity contribution is 5.92. The van der Waals surface area contributed by atoms with Gasteiger partial charge in [-0.3, -0.25) is 19.3 Å². The van der Waals surface area contributed by atoms with Crippen LogP contribution in [-0.4, -0.2) is 65.4 Å². The summed E-state index contributed by atoms with van der Waals surface area (Å²) in [7, 11) is 0. The summed E-state index contributed by atoms with van der Waals surface area (Å²) in [5.41, 5.74) is 9.74. The minimum atomic E-state index is -0.844. The van der Waals surface area contributed by atoms with Crippen molar-refractivity contribution in [2.24, 2.45) is 5.73 Å². The molecule has 0 radical (unpaired) electrons. The molecule has 47 heavy (non-hydrogen) atoms. The highest BCUT2D eigenvalue weighted by Crippen LogP contribution is 2.34. The van der Waals surface area contributed by atoms with Crippen molar-refractivity contribution >= 4 is 18.3 Å². The summed E-state index contributed by atoms with van der Waals surface area (Å²) in [6, 6.07) is 24.2. The number of ether oxygens (including phenoxy) is 2. The number of hydrogen-bond acceptors (Lipinski definition) is 7. The minimum absolute atomic E-state index is 0.194. The van der Waals surface area contributed by atoms with Crippen LogP contribution >= 0.6 is 0 Å². The molecular formula is C38H52N4O5. The van der Waals surface area contributed by atoms with E-state index in [0.29, 0.717) is 44.7 Å². The van der Waals surface area contributed by atoms with E-state index in [4.69, 9.17) is 10.5 Å². The maximum Gasteiger partial charge on any atom is 0.293 e. The number of hydrogen-bond donors (Lipinski definition) is 2. The monoisotopic (exact) mass is 644 g/mol. The molecule has 0 aromatic heterocycles. The van der Waals surface area contributed by atoms with E-state index in [9.17, 15) is 14.4 Å². The maximum absolute atomic E-state index is 13.8. The fourth-order valence-electron chi connectivity index (χ4n) is 5.60. The van der Waals surface area contributed by atoms with Gasteiger partial charge in [-0.05, 0) is 89.3 Å². The van der Waals surface area contributed by atoms with Gasteiger partial charge in [-0.15, -0.1) is 0 Å². The molecule has 3 aromatic carbocycles. The van der Waals surface area contributed by atoms with Crippen LogP contribution in [-0.2, 0) is 32.1 Å². The van der Waals surface area contributed by atoms with Crippen LogP contribution in [0.5, 0.6) is 5.75 Å². The summed E-state index contributed by atoms with van der Waals surface area (Å²) in [4.78, 5) is 41.0. The van der Waals surface area contributed by atoms with Crippen LogP contribution < -0.4 is 15.8 Å². The molecule has 4 rings (SSSR count). The summed E-state index contributed by atoms with van der Waals surface area (Å²) < 4.78 is 10.6. The van der Waals surface area contributed by atoms with E-state index in [-0.39, 0.29) is 17.4 Å². The van der Waals surface area contributed by atoms with E-state index < -0.39 is 12.1 Å². The van der Waals surface area contributed by atoms with Crippen LogP contribution in [0.2, 0.25) is 0 Å².